The van der Waals surface area contributed by atoms with Gasteiger partial charge in [0.25, 0.3) is 0 Å². The van der Waals surface area contributed by atoms with Crippen LogP contribution < -0.4 is 41.5 Å². The maximum atomic E-state index is 5.85. The second kappa shape index (κ2) is 20.4. The number of fused-ring (bicyclic) bond motifs is 7. The smallest absolute Gasteiger partial charge is 0.179 e. The van der Waals surface area contributed by atoms with Crippen LogP contribution in [0, 0.1) is 0 Å². The number of aromatic nitrogens is 4. The average Bonchev–Trinajstić information content (AvgIpc) is 3.18. The van der Waals surface area contributed by atoms with Crippen LogP contribution in [-0.2, 0) is 0 Å². The molecule has 0 spiro atoms. The van der Waals surface area contributed by atoms with E-state index in [1.807, 2.05) is 0 Å². The van der Waals surface area contributed by atoms with Gasteiger partial charge in [0, 0.05) is 44.4 Å². The van der Waals surface area contributed by atoms with E-state index in [-0.39, 0.29) is 0 Å². The predicted octanol–water partition coefficient (Wildman–Crippen LogP) is 12.8. The molecule has 386 valence electrons. The van der Waals surface area contributed by atoms with Crippen molar-refractivity contribution in [3.63, 3.8) is 0 Å². The molecule has 3 aromatic heterocycles. The molecule has 0 radical (unpaired) electrons. The van der Waals surface area contributed by atoms with Gasteiger partial charge in [0.2, 0.25) is 0 Å². The monoisotopic (exact) mass is 1080 g/mol. The van der Waals surface area contributed by atoms with Gasteiger partial charge in [0.15, 0.2) is 22.0 Å². The number of benzene rings is 12. The van der Waals surface area contributed by atoms with Gasteiger partial charge in [-0.15, -0.1) is 0 Å². The Bertz CT molecular complexity index is 4400. The summed E-state index contributed by atoms with van der Waals surface area (Å²) in [5.74, 6) is 1.45. The molecule has 0 unspecified atom stereocenters. The summed E-state index contributed by atoms with van der Waals surface area (Å²) in [6.45, 7) is 0. The average molecular weight is 1080 g/mol. The van der Waals surface area contributed by atoms with Gasteiger partial charge in [-0.1, -0.05) is 291 Å². The van der Waals surface area contributed by atoms with Gasteiger partial charge >= 0.3 is 0 Å². The maximum absolute atomic E-state index is 5.85. The van der Waals surface area contributed by atoms with E-state index in [0.717, 1.165) is 55.8 Å². The Morgan fingerprint density at radius 3 is 1.13 bits per heavy atom. The first-order chi connectivity index (χ1) is 40.7. The molecule has 0 fully saturated rings. The van der Waals surface area contributed by atoms with Crippen LogP contribution in [0.25, 0.3) is 77.8 Å². The highest BCUT2D eigenvalue weighted by Crippen LogP contribution is 2.42. The van der Waals surface area contributed by atoms with E-state index in [4.69, 9.17) is 9.97 Å². The van der Waals surface area contributed by atoms with Crippen LogP contribution in [0.4, 0.5) is 0 Å². The lowest BCUT2D eigenvalue weighted by molar-refractivity contribution is 1.05. The van der Waals surface area contributed by atoms with Crippen LogP contribution in [0.3, 0.4) is 0 Å². The summed E-state index contributed by atoms with van der Waals surface area (Å²) in [6.07, 6.45) is 0. The summed E-state index contributed by atoms with van der Waals surface area (Å²) in [5, 5.41) is 15.1. The standard InChI is InChI=1S/C76H54N4Si2/c1-8-30-57(31-9-1)79-71-49-25-23-47-68(71)74-72(79)51-50-67-66-46-22-24-48-70(66)80(75(67)74)73-54-69(55-28-26-44-64(52-55)81(58-32-10-2-11-33-58,59-34-12-3-13-35-59)60-36-14-4-15-37-60)77-76(78-73)56-29-27-45-65(53-56)82(61-38-16-5-17-39-61,62-40-18-6-19-41-62)63-42-20-7-21-43-63/h1-54H. The van der Waals surface area contributed by atoms with Gasteiger partial charge in [-0.3, -0.25) is 4.57 Å². The largest absolute Gasteiger partial charge is 0.309 e. The quantitative estimate of drug-likeness (QED) is 0.0903. The van der Waals surface area contributed by atoms with Crippen LogP contribution in [0.2, 0.25) is 0 Å². The van der Waals surface area contributed by atoms with E-state index in [1.54, 1.807) is 0 Å². The van der Waals surface area contributed by atoms with Gasteiger partial charge in [-0.05, 0) is 71.8 Å². The lowest BCUT2D eigenvalue weighted by Gasteiger charge is -2.34. The first kappa shape index (κ1) is 48.8. The minimum atomic E-state index is -2.95. The Kier molecular flexibility index (Phi) is 12.2. The van der Waals surface area contributed by atoms with Crippen molar-refractivity contribution < 1.29 is 0 Å². The molecule has 0 N–H and O–H groups in total. The Labute approximate surface area is 479 Å². The Balaban J connectivity index is 1.04. The van der Waals surface area contributed by atoms with E-state index >= 15 is 0 Å². The predicted molar refractivity (Wildman–Crippen MR) is 349 cm³/mol. The van der Waals surface area contributed by atoms with Crippen LogP contribution in [0.15, 0.2) is 328 Å². The molecule has 4 nitrogen and oxygen atoms in total. The van der Waals surface area contributed by atoms with Crippen LogP contribution in [0.5, 0.6) is 0 Å². The molecule has 0 saturated heterocycles. The maximum Gasteiger partial charge on any atom is 0.179 e. The van der Waals surface area contributed by atoms with Crippen molar-refractivity contribution in [1.82, 2.24) is 19.1 Å². The molecule has 0 aliphatic rings. The zero-order chi connectivity index (χ0) is 54.5. The molecule has 3 heterocycles. The summed E-state index contributed by atoms with van der Waals surface area (Å²) >= 11 is 0. The topological polar surface area (TPSA) is 35.6 Å². The van der Waals surface area contributed by atoms with Crippen LogP contribution >= 0.6 is 0 Å². The third-order valence-corrected chi connectivity index (χ3v) is 26.4. The van der Waals surface area contributed by atoms with Crippen LogP contribution in [0.1, 0.15) is 0 Å². The molecule has 0 atom stereocenters. The number of hydrogen-bond acceptors (Lipinski definition) is 2. The van der Waals surface area contributed by atoms with Crippen molar-refractivity contribution in [3.8, 4) is 34.2 Å². The molecule has 0 saturated carbocycles. The molecule has 12 aromatic carbocycles. The lowest BCUT2D eigenvalue weighted by Crippen LogP contribution is -2.74. The van der Waals surface area contributed by atoms with E-state index in [2.05, 4.69) is 337 Å². The summed E-state index contributed by atoms with van der Waals surface area (Å²) in [7, 11) is -5.88. The molecular weight excluding hydrogens is 1030 g/mol. The van der Waals surface area contributed by atoms with E-state index in [1.165, 1.54) is 57.7 Å². The number of nitrogens with zero attached hydrogens (tertiary/aromatic N) is 4. The first-order valence-electron chi connectivity index (χ1n) is 28.1. The molecule has 0 aliphatic carbocycles. The minimum Gasteiger partial charge on any atom is -0.309 e. The molecule has 0 bridgehead atoms. The fraction of sp³-hybridized carbons (Fsp3) is 0. The van der Waals surface area contributed by atoms with Gasteiger partial charge < -0.3 is 4.57 Å². The summed E-state index contributed by atoms with van der Waals surface area (Å²) in [4.78, 5) is 11.6. The summed E-state index contributed by atoms with van der Waals surface area (Å²) in [6, 6.07) is 121. The highest BCUT2D eigenvalue weighted by Gasteiger charge is 2.43. The Hall–Kier alpha value is -10.2. The van der Waals surface area contributed by atoms with E-state index in [9.17, 15) is 0 Å². The molecule has 0 amide bonds. The normalized spacial score (nSPS) is 11.9. The fourth-order valence-corrected chi connectivity index (χ4v) is 23.0. The second-order valence-electron chi connectivity index (χ2n) is 21.2. The van der Waals surface area contributed by atoms with Crippen molar-refractivity contribution in [2.24, 2.45) is 0 Å². The first-order valence-corrected chi connectivity index (χ1v) is 32.1. The molecule has 6 heteroatoms. The van der Waals surface area contributed by atoms with E-state index in [0.29, 0.717) is 5.82 Å². The van der Waals surface area contributed by atoms with Gasteiger partial charge in [0.1, 0.15) is 5.82 Å². The van der Waals surface area contributed by atoms with E-state index < -0.39 is 16.1 Å². The number of para-hydroxylation sites is 3. The molecule has 15 aromatic rings. The summed E-state index contributed by atoms with van der Waals surface area (Å²) < 4.78 is 4.83. The van der Waals surface area contributed by atoms with Crippen molar-refractivity contribution in [2.45, 2.75) is 0 Å². The number of hydrogen-bond donors (Lipinski definition) is 0. The van der Waals surface area contributed by atoms with Crippen molar-refractivity contribution in [3.05, 3.63) is 328 Å². The van der Waals surface area contributed by atoms with Crippen LogP contribution in [-0.4, -0.2) is 35.2 Å². The lowest BCUT2D eigenvalue weighted by atomic mass is 10.1. The molecule has 0 aliphatic heterocycles. The van der Waals surface area contributed by atoms with Gasteiger partial charge in [-0.25, -0.2) is 9.97 Å². The third kappa shape index (κ3) is 7.86. The van der Waals surface area contributed by atoms with Gasteiger partial charge in [-0.2, -0.15) is 0 Å². The highest BCUT2D eigenvalue weighted by molar-refractivity contribution is 7.20. The van der Waals surface area contributed by atoms with Crippen molar-refractivity contribution in [1.29, 1.82) is 0 Å². The Morgan fingerprint density at radius 1 is 0.256 bits per heavy atom. The second-order valence-corrected chi connectivity index (χ2v) is 28.8. The SMILES string of the molecule is c1ccc(-n2c3ccccc3c3c2ccc2c4ccccc4n(-c4cc(-c5cccc([Si](c6ccccc6)(c6ccccc6)c6ccccc6)c5)nc(-c5cccc([Si](c6ccccc6)(c6ccccc6)c6ccccc6)c5)n4)c23)cc1. The van der Waals surface area contributed by atoms with Crippen molar-refractivity contribution in [2.75, 3.05) is 0 Å². The fourth-order valence-electron chi connectivity index (χ4n) is 13.4. The van der Waals surface area contributed by atoms with Crippen molar-refractivity contribution >= 4 is 101 Å². The molecule has 15 rings (SSSR count). The zero-order valence-electron chi connectivity index (χ0n) is 45.0. The summed E-state index contributed by atoms with van der Waals surface area (Å²) in [5.41, 5.74) is 8.39. The number of rotatable bonds is 12. The molecule has 82 heavy (non-hydrogen) atoms. The zero-order valence-corrected chi connectivity index (χ0v) is 47.0. The minimum absolute atomic E-state index is 0.652. The highest BCUT2D eigenvalue weighted by atomic mass is 28.3. The third-order valence-electron chi connectivity index (χ3n) is 16.8. The molecular formula is C76H54N4Si2. The Morgan fingerprint density at radius 2 is 0.646 bits per heavy atom. The van der Waals surface area contributed by atoms with Gasteiger partial charge in [0.05, 0.1) is 27.8 Å².